The third kappa shape index (κ3) is 4.96. The van der Waals surface area contributed by atoms with Gasteiger partial charge in [0.2, 0.25) is 11.8 Å². The molecule has 1 fully saturated rings. The summed E-state index contributed by atoms with van der Waals surface area (Å²) in [6, 6.07) is 9.25. The van der Waals surface area contributed by atoms with Crippen LogP contribution < -0.4 is 15.6 Å². The van der Waals surface area contributed by atoms with Crippen molar-refractivity contribution in [3.8, 4) is 5.75 Å². The number of likely N-dealkylation sites (tertiary alicyclic amines) is 1. The van der Waals surface area contributed by atoms with E-state index in [2.05, 4.69) is 10.9 Å². The molecule has 2 atom stereocenters. The predicted molar refractivity (Wildman–Crippen MR) is 105 cm³/mol. The zero-order valence-electron chi connectivity index (χ0n) is 16.7. The molecule has 2 N–H and O–H groups in total. The lowest BCUT2D eigenvalue weighted by Gasteiger charge is -2.19. The topological polar surface area (TPSA) is 101 Å². The van der Waals surface area contributed by atoms with Crippen molar-refractivity contribution in [3.63, 3.8) is 0 Å². The van der Waals surface area contributed by atoms with Gasteiger partial charge in [0, 0.05) is 13.0 Å². The molecule has 2 unspecified atom stereocenters. The van der Waals surface area contributed by atoms with Gasteiger partial charge < -0.3 is 14.1 Å². The summed E-state index contributed by atoms with van der Waals surface area (Å²) in [7, 11) is 0. The lowest BCUT2D eigenvalue weighted by molar-refractivity contribution is -0.134. The molecule has 1 aliphatic rings. The van der Waals surface area contributed by atoms with Crippen LogP contribution >= 0.6 is 0 Å². The monoisotopic (exact) mass is 399 g/mol. The van der Waals surface area contributed by atoms with E-state index in [1.54, 1.807) is 24.0 Å². The van der Waals surface area contributed by atoms with Crippen molar-refractivity contribution in [2.45, 2.75) is 39.8 Å². The summed E-state index contributed by atoms with van der Waals surface area (Å²) >= 11 is 0. The van der Waals surface area contributed by atoms with Crippen LogP contribution in [0.3, 0.4) is 0 Å². The first-order chi connectivity index (χ1) is 13.8. The van der Waals surface area contributed by atoms with Crippen LogP contribution in [0.15, 0.2) is 41.0 Å². The summed E-state index contributed by atoms with van der Waals surface area (Å²) in [4.78, 5) is 38.3. The van der Waals surface area contributed by atoms with Crippen molar-refractivity contribution in [1.82, 2.24) is 15.8 Å². The molecule has 1 aliphatic heterocycles. The van der Waals surface area contributed by atoms with Crippen LogP contribution in [0.2, 0.25) is 0 Å². The van der Waals surface area contributed by atoms with Crippen LogP contribution in [0.1, 0.15) is 30.2 Å². The van der Waals surface area contributed by atoms with Crippen LogP contribution in [0.25, 0.3) is 0 Å². The Morgan fingerprint density at radius 1 is 1.21 bits per heavy atom. The van der Waals surface area contributed by atoms with Crippen LogP contribution in [-0.4, -0.2) is 35.3 Å². The van der Waals surface area contributed by atoms with E-state index in [4.69, 9.17) is 9.15 Å². The average Bonchev–Trinajstić information content (AvgIpc) is 3.33. The zero-order chi connectivity index (χ0) is 21.0. The molecule has 0 spiro atoms. The van der Waals surface area contributed by atoms with E-state index in [0.29, 0.717) is 18.1 Å². The standard InChI is InChI=1S/C21H25N3O5/c1-13-6-4-7-14(2)19(13)29-15(3)20(26)22-23-21(27)16-10-18(25)24(11-16)12-17-8-5-9-28-17/h4-9,15-16H,10-12H2,1-3H3,(H,22,26)(H,23,27). The summed E-state index contributed by atoms with van der Waals surface area (Å²) in [5.74, 6) is -0.237. The summed E-state index contributed by atoms with van der Waals surface area (Å²) < 4.78 is 11.0. The third-order valence-electron chi connectivity index (χ3n) is 4.89. The number of nitrogens with zero attached hydrogens (tertiary/aromatic N) is 1. The Balaban J connectivity index is 1.48. The lowest BCUT2D eigenvalue weighted by Crippen LogP contribution is -2.49. The molecule has 0 saturated carbocycles. The van der Waals surface area contributed by atoms with Gasteiger partial charge in [0.25, 0.3) is 5.91 Å². The molecule has 154 valence electrons. The van der Waals surface area contributed by atoms with Gasteiger partial charge in [-0.25, -0.2) is 0 Å². The van der Waals surface area contributed by atoms with E-state index in [1.807, 2.05) is 32.0 Å². The van der Waals surface area contributed by atoms with Crippen molar-refractivity contribution in [2.75, 3.05) is 6.54 Å². The molecule has 0 aliphatic carbocycles. The van der Waals surface area contributed by atoms with Gasteiger partial charge in [0.1, 0.15) is 11.5 Å². The summed E-state index contributed by atoms with van der Waals surface area (Å²) in [5, 5.41) is 0. The predicted octanol–water partition coefficient (Wildman–Crippen LogP) is 1.86. The molecule has 8 nitrogen and oxygen atoms in total. The van der Waals surface area contributed by atoms with Gasteiger partial charge in [0.15, 0.2) is 6.10 Å². The molecule has 1 aromatic carbocycles. The van der Waals surface area contributed by atoms with Crippen LogP contribution in [0.4, 0.5) is 0 Å². The van der Waals surface area contributed by atoms with Crippen molar-refractivity contribution in [3.05, 3.63) is 53.5 Å². The minimum atomic E-state index is -0.796. The number of furan rings is 1. The highest BCUT2D eigenvalue weighted by atomic mass is 16.5. The number of para-hydroxylation sites is 1. The molecule has 3 rings (SSSR count). The number of rotatable bonds is 6. The van der Waals surface area contributed by atoms with Crippen LogP contribution in [-0.2, 0) is 20.9 Å². The molecule has 0 bridgehead atoms. The number of nitrogens with one attached hydrogen (secondary N) is 2. The maximum absolute atomic E-state index is 12.4. The zero-order valence-corrected chi connectivity index (χ0v) is 16.7. The van der Waals surface area contributed by atoms with Gasteiger partial charge in [-0.3, -0.25) is 25.2 Å². The number of aryl methyl sites for hydroxylation is 2. The number of benzene rings is 1. The van der Waals surface area contributed by atoms with Gasteiger partial charge in [-0.05, 0) is 44.0 Å². The molecule has 8 heteroatoms. The van der Waals surface area contributed by atoms with Gasteiger partial charge in [-0.2, -0.15) is 0 Å². The fourth-order valence-corrected chi connectivity index (χ4v) is 3.23. The van der Waals surface area contributed by atoms with Crippen LogP contribution in [0.5, 0.6) is 5.75 Å². The number of amides is 3. The van der Waals surface area contributed by atoms with Crippen LogP contribution in [0, 0.1) is 19.8 Å². The Bertz CT molecular complexity index is 873. The Kier molecular flexibility index (Phi) is 6.21. The number of hydrazine groups is 1. The van der Waals surface area contributed by atoms with E-state index in [1.165, 1.54) is 6.26 Å². The SMILES string of the molecule is Cc1cccc(C)c1OC(C)C(=O)NNC(=O)C1CC(=O)N(Cc2ccco2)C1. The van der Waals surface area contributed by atoms with Crippen molar-refractivity contribution in [2.24, 2.45) is 5.92 Å². The van der Waals surface area contributed by atoms with E-state index < -0.39 is 23.8 Å². The number of hydrogen-bond donors (Lipinski definition) is 2. The highest BCUT2D eigenvalue weighted by molar-refractivity contribution is 5.90. The van der Waals surface area contributed by atoms with E-state index >= 15 is 0 Å². The van der Waals surface area contributed by atoms with Crippen molar-refractivity contribution in [1.29, 1.82) is 0 Å². The summed E-state index contributed by atoms with van der Waals surface area (Å²) in [6.45, 7) is 6.01. The fraction of sp³-hybridized carbons (Fsp3) is 0.381. The van der Waals surface area contributed by atoms with Gasteiger partial charge >= 0.3 is 0 Å². The number of carbonyl (C=O) groups is 3. The highest BCUT2D eigenvalue weighted by Gasteiger charge is 2.35. The summed E-state index contributed by atoms with van der Waals surface area (Å²) in [6.07, 6.45) is 0.837. The van der Waals surface area contributed by atoms with E-state index in [9.17, 15) is 14.4 Å². The first kappa shape index (κ1) is 20.4. The van der Waals surface area contributed by atoms with Gasteiger partial charge in [-0.1, -0.05) is 18.2 Å². The maximum atomic E-state index is 12.4. The van der Waals surface area contributed by atoms with E-state index in [-0.39, 0.29) is 18.9 Å². The Hall–Kier alpha value is -3.29. The van der Waals surface area contributed by atoms with Crippen molar-refractivity contribution >= 4 is 17.7 Å². The second-order valence-corrected chi connectivity index (χ2v) is 7.21. The minimum Gasteiger partial charge on any atom is -0.480 e. The first-order valence-electron chi connectivity index (χ1n) is 9.48. The minimum absolute atomic E-state index is 0.0941. The fourth-order valence-electron chi connectivity index (χ4n) is 3.23. The molecule has 29 heavy (non-hydrogen) atoms. The van der Waals surface area contributed by atoms with Gasteiger partial charge in [-0.15, -0.1) is 0 Å². The Labute approximate surface area is 169 Å². The second-order valence-electron chi connectivity index (χ2n) is 7.21. The van der Waals surface area contributed by atoms with E-state index in [0.717, 1.165) is 11.1 Å². The molecule has 3 amide bonds. The normalized spacial score (nSPS) is 17.1. The second kappa shape index (κ2) is 8.81. The third-order valence-corrected chi connectivity index (χ3v) is 4.89. The molecular weight excluding hydrogens is 374 g/mol. The Morgan fingerprint density at radius 3 is 2.59 bits per heavy atom. The maximum Gasteiger partial charge on any atom is 0.279 e. The lowest BCUT2D eigenvalue weighted by atomic mass is 10.1. The van der Waals surface area contributed by atoms with Crippen molar-refractivity contribution < 1.29 is 23.5 Å². The molecule has 2 aromatic rings. The summed E-state index contributed by atoms with van der Waals surface area (Å²) in [5.41, 5.74) is 6.63. The smallest absolute Gasteiger partial charge is 0.279 e. The number of carbonyl (C=O) groups excluding carboxylic acids is 3. The molecule has 2 heterocycles. The largest absolute Gasteiger partial charge is 0.480 e. The highest BCUT2D eigenvalue weighted by Crippen LogP contribution is 2.23. The molecule has 0 radical (unpaired) electrons. The Morgan fingerprint density at radius 2 is 1.93 bits per heavy atom. The number of hydrogen-bond acceptors (Lipinski definition) is 5. The molecule has 1 aromatic heterocycles. The molecule has 1 saturated heterocycles. The first-order valence-corrected chi connectivity index (χ1v) is 9.48. The number of ether oxygens (including phenoxy) is 1. The average molecular weight is 399 g/mol. The quantitative estimate of drug-likeness (QED) is 0.722. The molecular formula is C21H25N3O5. The van der Waals surface area contributed by atoms with Gasteiger partial charge in [0.05, 0.1) is 18.7 Å².